The molecule has 1 aromatic heterocycles. The second kappa shape index (κ2) is 4.33. The van der Waals surface area contributed by atoms with Crippen LogP contribution in [0.5, 0.6) is 0 Å². The maximum Gasteiger partial charge on any atom is 0.404 e. The zero-order valence-electron chi connectivity index (χ0n) is 7.03. The van der Waals surface area contributed by atoms with Gasteiger partial charge in [-0.15, -0.1) is 0 Å². The van der Waals surface area contributed by atoms with Crippen molar-refractivity contribution in [1.82, 2.24) is 15.1 Å². The SMILES string of the molecule is CNCCn1cc(Br)c([N+](=O)[O-])n1. The van der Waals surface area contributed by atoms with E-state index in [1.54, 1.807) is 6.20 Å². The van der Waals surface area contributed by atoms with E-state index in [1.165, 1.54) is 4.68 Å². The first kappa shape index (κ1) is 10.1. The van der Waals surface area contributed by atoms with Gasteiger partial charge in [0, 0.05) is 6.54 Å². The smallest absolute Gasteiger partial charge is 0.358 e. The van der Waals surface area contributed by atoms with Crippen molar-refractivity contribution < 1.29 is 4.92 Å². The molecular formula is C6H9BrN4O2. The van der Waals surface area contributed by atoms with Crippen LogP contribution < -0.4 is 5.32 Å². The van der Waals surface area contributed by atoms with E-state index in [-0.39, 0.29) is 5.82 Å². The molecular weight excluding hydrogens is 240 g/mol. The average molecular weight is 249 g/mol. The third-order valence-electron chi connectivity index (χ3n) is 1.46. The largest absolute Gasteiger partial charge is 0.404 e. The van der Waals surface area contributed by atoms with E-state index in [1.807, 2.05) is 7.05 Å². The normalized spacial score (nSPS) is 10.3. The van der Waals surface area contributed by atoms with Crippen LogP contribution in [0.3, 0.4) is 0 Å². The molecule has 0 aliphatic heterocycles. The van der Waals surface area contributed by atoms with Crippen LogP contribution in [0.25, 0.3) is 0 Å². The topological polar surface area (TPSA) is 73.0 Å². The number of nitro groups is 1. The Morgan fingerprint density at radius 3 is 3.00 bits per heavy atom. The highest BCUT2D eigenvalue weighted by Crippen LogP contribution is 2.21. The van der Waals surface area contributed by atoms with Gasteiger partial charge in [-0.2, -0.15) is 4.68 Å². The van der Waals surface area contributed by atoms with Gasteiger partial charge in [-0.05, 0) is 27.9 Å². The van der Waals surface area contributed by atoms with Crippen LogP contribution in [0.4, 0.5) is 5.82 Å². The Hall–Kier alpha value is -0.950. The lowest BCUT2D eigenvalue weighted by Gasteiger charge is -1.93. The standard InChI is InChI=1S/C6H9BrN4O2/c1-8-2-3-10-4-5(7)6(9-10)11(12)13/h4,8H,2-3H2,1H3. The number of nitrogens with zero attached hydrogens (tertiary/aromatic N) is 3. The highest BCUT2D eigenvalue weighted by molar-refractivity contribution is 9.10. The number of aromatic nitrogens is 2. The van der Waals surface area contributed by atoms with Gasteiger partial charge in [0.15, 0.2) is 0 Å². The maximum atomic E-state index is 10.4. The van der Waals surface area contributed by atoms with Crippen LogP contribution >= 0.6 is 15.9 Å². The van der Waals surface area contributed by atoms with E-state index < -0.39 is 4.92 Å². The van der Waals surface area contributed by atoms with Gasteiger partial charge in [0.2, 0.25) is 0 Å². The van der Waals surface area contributed by atoms with Crippen LogP contribution in [0.2, 0.25) is 0 Å². The van der Waals surface area contributed by atoms with E-state index in [9.17, 15) is 10.1 Å². The van der Waals surface area contributed by atoms with Crippen LogP contribution in [0, 0.1) is 10.1 Å². The molecule has 0 aliphatic rings. The van der Waals surface area contributed by atoms with Crippen molar-refractivity contribution in [3.63, 3.8) is 0 Å². The Morgan fingerprint density at radius 1 is 1.85 bits per heavy atom. The number of nitrogens with one attached hydrogen (secondary N) is 1. The predicted molar refractivity (Wildman–Crippen MR) is 50.5 cm³/mol. The van der Waals surface area contributed by atoms with Crippen molar-refractivity contribution in [2.24, 2.45) is 0 Å². The zero-order valence-corrected chi connectivity index (χ0v) is 8.61. The van der Waals surface area contributed by atoms with Crippen molar-refractivity contribution in [1.29, 1.82) is 0 Å². The van der Waals surface area contributed by atoms with Gasteiger partial charge in [-0.1, -0.05) is 0 Å². The fourth-order valence-corrected chi connectivity index (χ4v) is 1.31. The molecule has 0 saturated carbocycles. The molecule has 72 valence electrons. The minimum absolute atomic E-state index is 0.142. The molecule has 0 aromatic carbocycles. The minimum Gasteiger partial charge on any atom is -0.358 e. The summed E-state index contributed by atoms with van der Waals surface area (Å²) in [5, 5.41) is 17.1. The van der Waals surface area contributed by atoms with E-state index in [4.69, 9.17) is 0 Å². The molecule has 0 atom stereocenters. The first-order chi connectivity index (χ1) is 6.15. The number of hydrogen-bond donors (Lipinski definition) is 1. The monoisotopic (exact) mass is 248 g/mol. The highest BCUT2D eigenvalue weighted by Gasteiger charge is 2.17. The molecule has 1 heterocycles. The first-order valence-electron chi connectivity index (χ1n) is 3.67. The summed E-state index contributed by atoms with van der Waals surface area (Å²) in [6, 6.07) is 0. The Labute approximate surface area is 83.2 Å². The lowest BCUT2D eigenvalue weighted by molar-refractivity contribution is -0.390. The van der Waals surface area contributed by atoms with Crippen molar-refractivity contribution in [3.05, 3.63) is 20.8 Å². The molecule has 1 N–H and O–H groups in total. The summed E-state index contributed by atoms with van der Waals surface area (Å²) in [4.78, 5) is 9.88. The molecule has 0 amide bonds. The van der Waals surface area contributed by atoms with Gasteiger partial charge in [0.05, 0.1) is 17.8 Å². The van der Waals surface area contributed by atoms with E-state index >= 15 is 0 Å². The lowest BCUT2D eigenvalue weighted by atomic mass is 10.6. The average Bonchev–Trinajstić information content (AvgIpc) is 2.43. The number of halogens is 1. The number of likely N-dealkylation sites (N-methyl/N-ethyl adjacent to an activating group) is 1. The number of rotatable bonds is 4. The van der Waals surface area contributed by atoms with Gasteiger partial charge >= 0.3 is 5.82 Å². The molecule has 0 saturated heterocycles. The van der Waals surface area contributed by atoms with Crippen molar-refractivity contribution >= 4 is 21.7 Å². The molecule has 1 aromatic rings. The summed E-state index contributed by atoms with van der Waals surface area (Å²) < 4.78 is 1.94. The summed E-state index contributed by atoms with van der Waals surface area (Å²) in [5.74, 6) is -0.142. The Bertz CT molecular complexity index is 312. The maximum absolute atomic E-state index is 10.4. The van der Waals surface area contributed by atoms with Gasteiger partial charge in [-0.25, -0.2) is 0 Å². The van der Waals surface area contributed by atoms with Gasteiger partial charge in [0.1, 0.15) is 4.47 Å². The lowest BCUT2D eigenvalue weighted by Crippen LogP contribution is -2.15. The Morgan fingerprint density at radius 2 is 2.54 bits per heavy atom. The van der Waals surface area contributed by atoms with Gasteiger partial charge in [-0.3, -0.25) is 0 Å². The molecule has 0 bridgehead atoms. The Balaban J connectivity index is 2.76. The molecule has 1 rings (SSSR count). The van der Waals surface area contributed by atoms with Crippen molar-refractivity contribution in [2.75, 3.05) is 13.6 Å². The van der Waals surface area contributed by atoms with E-state index in [2.05, 4.69) is 26.3 Å². The van der Waals surface area contributed by atoms with Gasteiger partial charge < -0.3 is 15.4 Å². The molecule has 7 heteroatoms. The zero-order chi connectivity index (χ0) is 9.84. The van der Waals surface area contributed by atoms with Crippen molar-refractivity contribution in [3.8, 4) is 0 Å². The second-order valence-electron chi connectivity index (χ2n) is 2.42. The van der Waals surface area contributed by atoms with Crippen LogP contribution in [-0.2, 0) is 6.54 Å². The van der Waals surface area contributed by atoms with Crippen LogP contribution in [-0.4, -0.2) is 28.3 Å². The fourth-order valence-electron chi connectivity index (χ4n) is 0.851. The Kier molecular flexibility index (Phi) is 3.38. The highest BCUT2D eigenvalue weighted by atomic mass is 79.9. The quantitative estimate of drug-likeness (QED) is 0.631. The minimum atomic E-state index is -0.514. The predicted octanol–water partition coefficient (Wildman–Crippen LogP) is 0.773. The van der Waals surface area contributed by atoms with Crippen molar-refractivity contribution in [2.45, 2.75) is 6.54 Å². The van der Waals surface area contributed by atoms with E-state index in [0.29, 0.717) is 11.0 Å². The fraction of sp³-hybridized carbons (Fsp3) is 0.500. The molecule has 0 aliphatic carbocycles. The molecule has 6 nitrogen and oxygen atoms in total. The summed E-state index contributed by atoms with van der Waals surface area (Å²) in [6.07, 6.45) is 1.59. The van der Waals surface area contributed by atoms with Crippen LogP contribution in [0.15, 0.2) is 10.7 Å². The summed E-state index contributed by atoms with van der Waals surface area (Å²) >= 11 is 3.06. The third-order valence-corrected chi connectivity index (χ3v) is 2.02. The van der Waals surface area contributed by atoms with Crippen LogP contribution in [0.1, 0.15) is 0 Å². The third kappa shape index (κ3) is 2.49. The molecule has 0 spiro atoms. The molecule has 0 fully saturated rings. The first-order valence-corrected chi connectivity index (χ1v) is 4.46. The summed E-state index contributed by atoms with van der Waals surface area (Å²) in [7, 11) is 1.81. The summed E-state index contributed by atoms with van der Waals surface area (Å²) in [6.45, 7) is 1.34. The van der Waals surface area contributed by atoms with Gasteiger partial charge in [0.25, 0.3) is 0 Å². The molecule has 13 heavy (non-hydrogen) atoms. The molecule has 0 unspecified atom stereocenters. The van der Waals surface area contributed by atoms with E-state index in [0.717, 1.165) is 6.54 Å². The number of hydrogen-bond acceptors (Lipinski definition) is 4. The summed E-state index contributed by atoms with van der Waals surface area (Å²) in [5.41, 5.74) is 0. The second-order valence-corrected chi connectivity index (χ2v) is 3.28. The molecule has 0 radical (unpaired) electrons.